The van der Waals surface area contributed by atoms with Gasteiger partial charge in [-0.05, 0) is 61.6 Å². The molecule has 7 nitrogen and oxygen atoms in total. The summed E-state index contributed by atoms with van der Waals surface area (Å²) in [6.45, 7) is 0.250. The minimum absolute atomic E-state index is 0.00343. The van der Waals surface area contributed by atoms with Gasteiger partial charge in [-0.25, -0.2) is 12.8 Å². The number of nitrogens with one attached hydrogen (secondary N) is 1. The van der Waals surface area contributed by atoms with Crippen molar-refractivity contribution in [1.29, 1.82) is 5.26 Å². The van der Waals surface area contributed by atoms with E-state index in [1.54, 1.807) is 12.1 Å². The molecule has 4 rings (SSSR count). The number of anilines is 1. The molecule has 0 aromatic heterocycles. The van der Waals surface area contributed by atoms with Crippen LogP contribution in [0.2, 0.25) is 0 Å². The minimum Gasteiger partial charge on any atom is -0.495 e. The van der Waals surface area contributed by atoms with E-state index in [-0.39, 0.29) is 29.6 Å². The van der Waals surface area contributed by atoms with E-state index in [1.807, 2.05) is 12.1 Å². The number of rotatable bonds is 6. The van der Waals surface area contributed by atoms with E-state index < -0.39 is 27.2 Å². The molecule has 0 spiro atoms. The minimum atomic E-state index is -4.03. The fraction of sp³-hybridized carbons (Fsp3) is 0.391. The van der Waals surface area contributed by atoms with E-state index in [4.69, 9.17) is 4.74 Å². The number of carbonyl (C=O) groups excluding carboxylic acids is 1. The monoisotopic (exact) mass is 457 g/mol. The SMILES string of the molecule is COc1ccc(F)cc1S(=O)(=O)N1CCC[C@@H](C(=O)Nc2ccc(C3(C#N)CC3)cc2)C1. The van der Waals surface area contributed by atoms with Gasteiger partial charge < -0.3 is 10.1 Å². The number of ether oxygens (including phenoxy) is 1. The Morgan fingerprint density at radius 1 is 1.25 bits per heavy atom. The molecule has 1 saturated heterocycles. The van der Waals surface area contributed by atoms with Gasteiger partial charge in [-0.2, -0.15) is 9.57 Å². The summed E-state index contributed by atoms with van der Waals surface area (Å²) < 4.78 is 46.3. The number of carbonyl (C=O) groups is 1. The molecule has 2 aliphatic rings. The van der Waals surface area contributed by atoms with E-state index in [1.165, 1.54) is 17.5 Å². The second-order valence-corrected chi connectivity index (χ2v) is 10.2. The summed E-state index contributed by atoms with van der Waals surface area (Å²) in [6.07, 6.45) is 2.75. The third-order valence-corrected chi connectivity index (χ3v) is 8.05. The molecule has 2 fully saturated rings. The average Bonchev–Trinajstić information content (AvgIpc) is 3.61. The lowest BCUT2D eigenvalue weighted by Crippen LogP contribution is -2.43. The first-order valence-electron chi connectivity index (χ1n) is 10.5. The first-order chi connectivity index (χ1) is 15.3. The number of nitriles is 1. The van der Waals surface area contributed by atoms with Gasteiger partial charge in [0.05, 0.1) is 24.5 Å². The van der Waals surface area contributed by atoms with E-state index in [0.717, 1.165) is 30.5 Å². The van der Waals surface area contributed by atoms with E-state index in [9.17, 15) is 22.9 Å². The lowest BCUT2D eigenvalue weighted by Gasteiger charge is -2.31. The summed E-state index contributed by atoms with van der Waals surface area (Å²) in [5, 5.41) is 12.2. The van der Waals surface area contributed by atoms with Crippen molar-refractivity contribution in [3.05, 3.63) is 53.8 Å². The Bertz CT molecular complexity index is 1170. The van der Waals surface area contributed by atoms with Crippen LogP contribution in [0, 0.1) is 23.1 Å². The Kier molecular flexibility index (Phi) is 5.93. The first-order valence-corrected chi connectivity index (χ1v) is 11.9. The lowest BCUT2D eigenvalue weighted by molar-refractivity contribution is -0.120. The highest BCUT2D eigenvalue weighted by molar-refractivity contribution is 7.89. The normalized spacial score (nSPS) is 20.2. The Morgan fingerprint density at radius 3 is 2.59 bits per heavy atom. The molecule has 1 heterocycles. The van der Waals surface area contributed by atoms with Crippen LogP contribution in [0.5, 0.6) is 5.75 Å². The molecular formula is C23H24FN3O4S. The summed E-state index contributed by atoms with van der Waals surface area (Å²) in [5.74, 6) is -1.43. The number of sulfonamides is 1. The highest BCUT2D eigenvalue weighted by Gasteiger charge is 2.44. The van der Waals surface area contributed by atoms with Crippen molar-refractivity contribution >= 4 is 21.6 Å². The largest absolute Gasteiger partial charge is 0.495 e. The van der Waals surface area contributed by atoms with Crippen LogP contribution in [0.4, 0.5) is 10.1 Å². The Morgan fingerprint density at radius 2 is 1.97 bits per heavy atom. The third-order valence-electron chi connectivity index (χ3n) is 6.17. The van der Waals surface area contributed by atoms with Crippen LogP contribution in [0.15, 0.2) is 47.4 Å². The van der Waals surface area contributed by atoms with Crippen molar-refractivity contribution in [2.24, 2.45) is 5.92 Å². The third kappa shape index (κ3) is 4.20. The van der Waals surface area contributed by atoms with Gasteiger partial charge >= 0.3 is 0 Å². The predicted molar refractivity (Wildman–Crippen MR) is 116 cm³/mol. The summed E-state index contributed by atoms with van der Waals surface area (Å²) in [6, 6.07) is 12.9. The molecule has 0 unspecified atom stereocenters. The molecular weight excluding hydrogens is 433 g/mol. The molecule has 1 aliphatic carbocycles. The maximum absolute atomic E-state index is 13.7. The molecule has 1 amide bonds. The van der Waals surface area contributed by atoms with Gasteiger partial charge in [-0.3, -0.25) is 4.79 Å². The van der Waals surface area contributed by atoms with Crippen molar-refractivity contribution < 1.29 is 22.3 Å². The molecule has 0 bridgehead atoms. The average molecular weight is 458 g/mol. The van der Waals surface area contributed by atoms with Crippen molar-refractivity contribution in [3.8, 4) is 11.8 Å². The molecule has 9 heteroatoms. The number of halogens is 1. The summed E-state index contributed by atoms with van der Waals surface area (Å²) in [7, 11) is -2.70. The van der Waals surface area contributed by atoms with Crippen LogP contribution in [0.3, 0.4) is 0 Å². The lowest BCUT2D eigenvalue weighted by atomic mass is 9.97. The zero-order chi connectivity index (χ0) is 22.9. The Hall–Kier alpha value is -2.96. The van der Waals surface area contributed by atoms with Crippen LogP contribution in [-0.4, -0.2) is 38.8 Å². The molecule has 1 aliphatic heterocycles. The van der Waals surface area contributed by atoms with Gasteiger partial charge in [0.2, 0.25) is 15.9 Å². The van der Waals surface area contributed by atoms with Crippen LogP contribution < -0.4 is 10.1 Å². The van der Waals surface area contributed by atoms with Crippen molar-refractivity contribution in [1.82, 2.24) is 4.31 Å². The second-order valence-electron chi connectivity index (χ2n) is 8.26. The standard InChI is InChI=1S/C23H24FN3O4S/c1-31-20-9-6-18(24)13-21(20)32(29,30)27-12-2-3-16(14-27)22(28)26-19-7-4-17(5-8-19)23(15-25)10-11-23/h4-9,13,16H,2-3,10-12,14H2,1H3,(H,26,28)/t16-/m1/s1. The summed E-state index contributed by atoms with van der Waals surface area (Å²) in [5.41, 5.74) is 1.15. The molecule has 2 aromatic rings. The smallest absolute Gasteiger partial charge is 0.246 e. The summed E-state index contributed by atoms with van der Waals surface area (Å²) >= 11 is 0. The van der Waals surface area contributed by atoms with Crippen LogP contribution in [0.1, 0.15) is 31.2 Å². The number of benzene rings is 2. The Labute approximate surface area is 186 Å². The molecule has 1 N–H and O–H groups in total. The summed E-state index contributed by atoms with van der Waals surface area (Å²) in [4.78, 5) is 12.6. The molecule has 1 atom stereocenters. The number of hydrogen-bond acceptors (Lipinski definition) is 5. The first kappa shape index (κ1) is 22.2. The van der Waals surface area contributed by atoms with Crippen molar-refractivity contribution in [3.63, 3.8) is 0 Å². The van der Waals surface area contributed by atoms with E-state index in [2.05, 4.69) is 11.4 Å². The van der Waals surface area contributed by atoms with Crippen molar-refractivity contribution in [2.45, 2.75) is 36.0 Å². The number of piperidine rings is 1. The predicted octanol–water partition coefficient (Wildman–Crippen LogP) is 3.43. The molecule has 168 valence electrons. The zero-order valence-electron chi connectivity index (χ0n) is 17.7. The van der Waals surface area contributed by atoms with E-state index in [0.29, 0.717) is 18.5 Å². The maximum atomic E-state index is 13.7. The highest BCUT2D eigenvalue weighted by atomic mass is 32.2. The quantitative estimate of drug-likeness (QED) is 0.717. The topological polar surface area (TPSA) is 99.5 Å². The maximum Gasteiger partial charge on any atom is 0.246 e. The fourth-order valence-corrected chi connectivity index (χ4v) is 5.76. The van der Waals surface area contributed by atoms with Crippen LogP contribution in [0.25, 0.3) is 0 Å². The van der Waals surface area contributed by atoms with Gasteiger partial charge in [0.1, 0.15) is 16.5 Å². The molecule has 2 aromatic carbocycles. The van der Waals surface area contributed by atoms with Gasteiger partial charge in [-0.1, -0.05) is 12.1 Å². The fourth-order valence-electron chi connectivity index (χ4n) is 4.07. The number of amides is 1. The molecule has 0 radical (unpaired) electrons. The number of hydrogen-bond donors (Lipinski definition) is 1. The second kappa shape index (κ2) is 8.52. The van der Waals surface area contributed by atoms with Gasteiger partial charge in [0.25, 0.3) is 0 Å². The Balaban J connectivity index is 1.46. The number of methoxy groups -OCH3 is 1. The highest BCUT2D eigenvalue weighted by Crippen LogP contribution is 2.47. The molecule has 32 heavy (non-hydrogen) atoms. The van der Waals surface area contributed by atoms with Crippen LogP contribution >= 0.6 is 0 Å². The van der Waals surface area contributed by atoms with Gasteiger partial charge in [0.15, 0.2) is 0 Å². The number of nitrogens with zero attached hydrogens (tertiary/aromatic N) is 2. The van der Waals surface area contributed by atoms with E-state index >= 15 is 0 Å². The van der Waals surface area contributed by atoms with Crippen molar-refractivity contribution in [2.75, 3.05) is 25.5 Å². The van der Waals surface area contributed by atoms with Gasteiger partial charge in [0, 0.05) is 18.8 Å². The van der Waals surface area contributed by atoms with Gasteiger partial charge in [-0.15, -0.1) is 0 Å². The zero-order valence-corrected chi connectivity index (χ0v) is 18.5. The molecule has 1 saturated carbocycles. The van der Waals surface area contributed by atoms with Crippen LogP contribution in [-0.2, 0) is 20.2 Å².